The van der Waals surface area contributed by atoms with Crippen molar-refractivity contribution in [1.29, 1.82) is 0 Å². The molecule has 4 N–H and O–H groups in total. The second-order valence-corrected chi connectivity index (χ2v) is 6.41. The van der Waals surface area contributed by atoms with Crippen LogP contribution in [-0.2, 0) is 6.54 Å². The maximum Gasteiger partial charge on any atom is 0.253 e. The van der Waals surface area contributed by atoms with E-state index in [4.69, 9.17) is 5.73 Å². The van der Waals surface area contributed by atoms with E-state index in [0.29, 0.717) is 24.3 Å². The molecule has 6 heteroatoms. The molecule has 1 aliphatic rings. The molecule has 0 aromatic heterocycles. The fourth-order valence-electron chi connectivity index (χ4n) is 3.19. The molecule has 1 unspecified atom stereocenters. The molecule has 3 rings (SSSR count). The lowest BCUT2D eigenvalue weighted by atomic mass is 10.0. The maximum atomic E-state index is 13.8. The highest BCUT2D eigenvalue weighted by molar-refractivity contribution is 5.99. The van der Waals surface area contributed by atoms with E-state index in [0.717, 1.165) is 19.4 Å². The molecule has 0 saturated carbocycles. The van der Waals surface area contributed by atoms with Crippen molar-refractivity contribution in [2.75, 3.05) is 18.8 Å². The highest BCUT2D eigenvalue weighted by atomic mass is 19.1. The average molecular weight is 343 g/mol. The number of hydrogen-bond acceptors (Lipinski definition) is 4. The van der Waals surface area contributed by atoms with Gasteiger partial charge in [-0.3, -0.25) is 9.69 Å². The predicted molar refractivity (Wildman–Crippen MR) is 94.7 cm³/mol. The Labute approximate surface area is 146 Å². The zero-order valence-electron chi connectivity index (χ0n) is 13.9. The van der Waals surface area contributed by atoms with Gasteiger partial charge in [-0.15, -0.1) is 0 Å². The Bertz CT molecular complexity index is 766. The molecule has 1 fully saturated rings. The number of phenolic OH excluding ortho intramolecular Hbond substituents is 1. The molecule has 2 aromatic rings. The summed E-state index contributed by atoms with van der Waals surface area (Å²) in [6.07, 6.45) is 1.78. The minimum atomic E-state index is -0.300. The lowest BCUT2D eigenvalue weighted by molar-refractivity contribution is 0.0900. The first kappa shape index (κ1) is 17.2. The van der Waals surface area contributed by atoms with Gasteiger partial charge in [0.25, 0.3) is 5.91 Å². The quantitative estimate of drug-likeness (QED) is 0.589. The first-order valence-corrected chi connectivity index (χ1v) is 8.38. The van der Waals surface area contributed by atoms with Crippen LogP contribution < -0.4 is 11.1 Å². The SMILES string of the molecule is Nc1ccc(O)cc1C(=O)NC1CCCN(Cc2ccccc2F)C1. The number of anilines is 1. The number of nitrogens with two attached hydrogens (primary N) is 1. The number of halogens is 1. The number of likely N-dealkylation sites (tertiary alicyclic amines) is 1. The topological polar surface area (TPSA) is 78.6 Å². The van der Waals surface area contributed by atoms with Gasteiger partial charge in [-0.25, -0.2) is 4.39 Å². The fraction of sp³-hybridized carbons (Fsp3) is 0.316. The first-order chi connectivity index (χ1) is 12.0. The predicted octanol–water partition coefficient (Wildman–Crippen LogP) is 2.51. The van der Waals surface area contributed by atoms with Crippen LogP contribution in [0.5, 0.6) is 5.75 Å². The van der Waals surface area contributed by atoms with Crippen molar-refractivity contribution in [3.05, 3.63) is 59.4 Å². The van der Waals surface area contributed by atoms with Gasteiger partial charge >= 0.3 is 0 Å². The number of aromatic hydroxyl groups is 1. The summed E-state index contributed by atoms with van der Waals surface area (Å²) >= 11 is 0. The lowest BCUT2D eigenvalue weighted by Gasteiger charge is -2.33. The lowest BCUT2D eigenvalue weighted by Crippen LogP contribution is -2.47. The molecule has 2 aromatic carbocycles. The Hall–Kier alpha value is -2.60. The second-order valence-electron chi connectivity index (χ2n) is 6.41. The van der Waals surface area contributed by atoms with Gasteiger partial charge in [-0.2, -0.15) is 0 Å². The number of hydrogen-bond donors (Lipinski definition) is 3. The van der Waals surface area contributed by atoms with Crippen LogP contribution in [0.2, 0.25) is 0 Å². The Kier molecular flexibility index (Phi) is 5.19. The molecule has 1 saturated heterocycles. The fourth-order valence-corrected chi connectivity index (χ4v) is 3.19. The summed E-state index contributed by atoms with van der Waals surface area (Å²) in [5.41, 5.74) is 7.07. The van der Waals surface area contributed by atoms with E-state index in [2.05, 4.69) is 10.2 Å². The second kappa shape index (κ2) is 7.53. The zero-order chi connectivity index (χ0) is 17.8. The molecule has 1 heterocycles. The van der Waals surface area contributed by atoms with Crippen molar-refractivity contribution in [3.63, 3.8) is 0 Å². The van der Waals surface area contributed by atoms with Crippen molar-refractivity contribution in [3.8, 4) is 5.75 Å². The zero-order valence-corrected chi connectivity index (χ0v) is 13.9. The Balaban J connectivity index is 1.62. The molecule has 1 amide bonds. The summed E-state index contributed by atoms with van der Waals surface area (Å²) in [5.74, 6) is -0.503. The summed E-state index contributed by atoms with van der Waals surface area (Å²) in [6, 6.07) is 11.0. The summed E-state index contributed by atoms with van der Waals surface area (Å²) in [4.78, 5) is 14.6. The van der Waals surface area contributed by atoms with Gasteiger partial charge in [0.15, 0.2) is 0 Å². The van der Waals surface area contributed by atoms with Crippen LogP contribution in [-0.4, -0.2) is 35.0 Å². The van der Waals surface area contributed by atoms with Crippen LogP contribution in [0.4, 0.5) is 10.1 Å². The minimum absolute atomic E-state index is 0.00386. The van der Waals surface area contributed by atoms with Crippen molar-refractivity contribution < 1.29 is 14.3 Å². The van der Waals surface area contributed by atoms with Gasteiger partial charge in [0.1, 0.15) is 11.6 Å². The molecule has 0 spiro atoms. The third-order valence-electron chi connectivity index (χ3n) is 4.47. The van der Waals surface area contributed by atoms with Crippen LogP contribution in [0, 0.1) is 5.82 Å². The van der Waals surface area contributed by atoms with E-state index in [-0.39, 0.29) is 29.1 Å². The summed E-state index contributed by atoms with van der Waals surface area (Å²) in [7, 11) is 0. The molecule has 0 aliphatic carbocycles. The molecule has 132 valence electrons. The van der Waals surface area contributed by atoms with Crippen LogP contribution in [0.25, 0.3) is 0 Å². The molecular formula is C19H22FN3O2. The number of carbonyl (C=O) groups is 1. The third kappa shape index (κ3) is 4.28. The standard InChI is InChI=1S/C19H22FN3O2/c20-17-6-2-1-4-13(17)11-23-9-3-5-14(12-23)22-19(25)16-10-15(24)7-8-18(16)21/h1-2,4,6-8,10,14,24H,3,5,9,11-12,21H2,(H,22,25). The van der Waals surface area contributed by atoms with Crippen molar-refractivity contribution >= 4 is 11.6 Å². The molecule has 0 bridgehead atoms. The number of nitrogen functional groups attached to an aromatic ring is 1. The maximum absolute atomic E-state index is 13.8. The molecular weight excluding hydrogens is 321 g/mol. The van der Waals surface area contributed by atoms with Gasteiger partial charge < -0.3 is 16.2 Å². The van der Waals surface area contributed by atoms with Crippen LogP contribution in [0.3, 0.4) is 0 Å². The summed E-state index contributed by atoms with van der Waals surface area (Å²) in [6.45, 7) is 2.04. The summed E-state index contributed by atoms with van der Waals surface area (Å²) < 4.78 is 13.8. The number of piperidine rings is 1. The van der Waals surface area contributed by atoms with Gasteiger partial charge in [0.05, 0.1) is 5.56 Å². The molecule has 25 heavy (non-hydrogen) atoms. The Morgan fingerprint density at radius 1 is 1.32 bits per heavy atom. The van der Waals surface area contributed by atoms with Crippen molar-refractivity contribution in [2.24, 2.45) is 0 Å². The molecule has 1 aliphatic heterocycles. The van der Waals surface area contributed by atoms with E-state index >= 15 is 0 Å². The first-order valence-electron chi connectivity index (χ1n) is 8.38. The van der Waals surface area contributed by atoms with E-state index in [1.807, 2.05) is 6.07 Å². The number of carbonyl (C=O) groups excluding carboxylic acids is 1. The number of nitrogens with one attached hydrogen (secondary N) is 1. The third-order valence-corrected chi connectivity index (χ3v) is 4.47. The average Bonchev–Trinajstić information content (AvgIpc) is 2.59. The van der Waals surface area contributed by atoms with Gasteiger partial charge in [0.2, 0.25) is 0 Å². The van der Waals surface area contributed by atoms with Crippen LogP contribution in [0.15, 0.2) is 42.5 Å². The van der Waals surface area contributed by atoms with E-state index < -0.39 is 0 Å². The molecule has 0 radical (unpaired) electrons. The molecule has 1 atom stereocenters. The number of rotatable bonds is 4. The number of amides is 1. The monoisotopic (exact) mass is 343 g/mol. The number of benzene rings is 2. The van der Waals surface area contributed by atoms with Crippen LogP contribution >= 0.6 is 0 Å². The van der Waals surface area contributed by atoms with Crippen molar-refractivity contribution in [2.45, 2.75) is 25.4 Å². The Morgan fingerprint density at radius 2 is 2.12 bits per heavy atom. The van der Waals surface area contributed by atoms with E-state index in [1.165, 1.54) is 24.3 Å². The van der Waals surface area contributed by atoms with E-state index in [1.54, 1.807) is 12.1 Å². The minimum Gasteiger partial charge on any atom is -0.508 e. The van der Waals surface area contributed by atoms with Gasteiger partial charge in [-0.1, -0.05) is 18.2 Å². The smallest absolute Gasteiger partial charge is 0.253 e. The number of phenols is 1. The van der Waals surface area contributed by atoms with E-state index in [9.17, 15) is 14.3 Å². The number of nitrogens with zero attached hydrogens (tertiary/aromatic N) is 1. The Morgan fingerprint density at radius 3 is 2.92 bits per heavy atom. The van der Waals surface area contributed by atoms with Gasteiger partial charge in [-0.05, 0) is 43.7 Å². The summed E-state index contributed by atoms with van der Waals surface area (Å²) in [5, 5.41) is 12.5. The largest absolute Gasteiger partial charge is 0.508 e. The van der Waals surface area contributed by atoms with Crippen LogP contribution in [0.1, 0.15) is 28.8 Å². The highest BCUT2D eigenvalue weighted by Gasteiger charge is 2.23. The van der Waals surface area contributed by atoms with Crippen molar-refractivity contribution in [1.82, 2.24) is 10.2 Å². The highest BCUT2D eigenvalue weighted by Crippen LogP contribution is 2.20. The van der Waals surface area contributed by atoms with Gasteiger partial charge in [0, 0.05) is 30.4 Å². The normalized spacial score (nSPS) is 18.0. The molecule has 5 nitrogen and oxygen atoms in total.